The quantitative estimate of drug-likeness (QED) is 0.684. The van der Waals surface area contributed by atoms with Gasteiger partial charge in [0.05, 0.1) is 5.52 Å². The normalized spacial score (nSPS) is 15.1. The van der Waals surface area contributed by atoms with E-state index in [1.54, 1.807) is 17.2 Å². The lowest BCUT2D eigenvalue weighted by atomic mass is 10.1. The minimum atomic E-state index is -0.202. The number of nitrogens with zero attached hydrogens (tertiary/aromatic N) is 3. The molecule has 1 amide bonds. The van der Waals surface area contributed by atoms with Gasteiger partial charge >= 0.3 is 0 Å². The third-order valence-corrected chi connectivity index (χ3v) is 5.53. The van der Waals surface area contributed by atoms with Gasteiger partial charge in [0.2, 0.25) is 5.43 Å². The van der Waals surface area contributed by atoms with Gasteiger partial charge < -0.3 is 14.4 Å². The maximum atomic E-state index is 13.1. The third kappa shape index (κ3) is 3.68. The van der Waals surface area contributed by atoms with E-state index in [1.807, 2.05) is 54.1 Å². The highest BCUT2D eigenvalue weighted by Gasteiger charge is 2.24. The summed E-state index contributed by atoms with van der Waals surface area (Å²) in [5, 5.41) is 1.25. The number of piperazine rings is 1. The fraction of sp³-hybridized carbons (Fsp3) is 0.273. The van der Waals surface area contributed by atoms with E-state index in [1.165, 1.54) is 0 Å². The first-order valence-electron chi connectivity index (χ1n) is 9.37. The Labute approximate surface area is 168 Å². The first-order valence-corrected chi connectivity index (χ1v) is 9.75. The molecular weight excluding hydrogens is 374 g/mol. The van der Waals surface area contributed by atoms with Gasteiger partial charge in [0, 0.05) is 49.3 Å². The summed E-state index contributed by atoms with van der Waals surface area (Å²) in [7, 11) is 2.04. The second-order valence-electron chi connectivity index (χ2n) is 7.24. The number of para-hydroxylation sites is 1. The second kappa shape index (κ2) is 7.78. The predicted octanol–water partition coefficient (Wildman–Crippen LogP) is 3.09. The molecule has 144 valence electrons. The average Bonchev–Trinajstić information content (AvgIpc) is 2.72. The molecule has 2 aromatic carbocycles. The van der Waals surface area contributed by atoms with E-state index in [-0.39, 0.29) is 16.9 Å². The number of benzene rings is 2. The molecule has 6 heteroatoms. The number of rotatable bonds is 3. The molecular formula is C22H22ClN3O2. The molecule has 28 heavy (non-hydrogen) atoms. The van der Waals surface area contributed by atoms with Gasteiger partial charge in [-0.1, -0.05) is 35.9 Å². The maximum Gasteiger partial charge on any atom is 0.259 e. The van der Waals surface area contributed by atoms with Crippen molar-refractivity contribution in [2.45, 2.75) is 6.54 Å². The number of amides is 1. The Bertz CT molecular complexity index is 1070. The molecule has 4 rings (SSSR count). The van der Waals surface area contributed by atoms with E-state index >= 15 is 0 Å². The van der Waals surface area contributed by atoms with E-state index in [0.29, 0.717) is 30.0 Å². The zero-order chi connectivity index (χ0) is 19.7. The van der Waals surface area contributed by atoms with Crippen molar-refractivity contribution in [1.82, 2.24) is 14.4 Å². The molecule has 1 aliphatic heterocycles. The van der Waals surface area contributed by atoms with Crippen LogP contribution in [0.2, 0.25) is 5.02 Å². The van der Waals surface area contributed by atoms with Crippen LogP contribution in [0.3, 0.4) is 0 Å². The van der Waals surface area contributed by atoms with Crippen LogP contribution in [0, 0.1) is 0 Å². The van der Waals surface area contributed by atoms with Crippen LogP contribution >= 0.6 is 11.6 Å². The molecule has 1 aromatic heterocycles. The van der Waals surface area contributed by atoms with Gasteiger partial charge in [-0.2, -0.15) is 0 Å². The summed E-state index contributed by atoms with van der Waals surface area (Å²) in [5.41, 5.74) is 1.90. The standard InChI is InChI=1S/C22H22ClN3O2/c1-24-10-12-25(13-11-24)22(28)19-15-26(14-16-6-8-17(23)9-7-16)20-5-3-2-4-18(20)21(19)27/h2-9,15H,10-14H2,1H3. The van der Waals surface area contributed by atoms with Crippen molar-refractivity contribution < 1.29 is 4.79 Å². The number of halogens is 1. The molecule has 2 heterocycles. The van der Waals surface area contributed by atoms with E-state index in [2.05, 4.69) is 4.90 Å². The summed E-state index contributed by atoms with van der Waals surface area (Å²) in [4.78, 5) is 30.1. The average molecular weight is 396 g/mol. The van der Waals surface area contributed by atoms with Crippen LogP contribution in [0.25, 0.3) is 10.9 Å². The lowest BCUT2D eigenvalue weighted by Gasteiger charge is -2.32. The first-order chi connectivity index (χ1) is 13.5. The van der Waals surface area contributed by atoms with Crippen LogP contribution in [0.15, 0.2) is 59.5 Å². The van der Waals surface area contributed by atoms with Gasteiger partial charge in [-0.25, -0.2) is 0 Å². The molecule has 0 unspecified atom stereocenters. The molecule has 0 spiro atoms. The summed E-state index contributed by atoms with van der Waals surface area (Å²) in [5.74, 6) is -0.186. The SMILES string of the molecule is CN1CCN(C(=O)c2cn(Cc3ccc(Cl)cc3)c3ccccc3c2=O)CC1. The Balaban J connectivity index is 1.76. The summed E-state index contributed by atoms with van der Waals surface area (Å²) in [6.45, 7) is 3.47. The van der Waals surface area contributed by atoms with Crippen LogP contribution in [0.4, 0.5) is 0 Å². The highest BCUT2D eigenvalue weighted by Crippen LogP contribution is 2.17. The monoisotopic (exact) mass is 395 g/mol. The summed E-state index contributed by atoms with van der Waals surface area (Å²) in [6.07, 6.45) is 1.71. The van der Waals surface area contributed by atoms with Gasteiger partial charge in [0.15, 0.2) is 0 Å². The fourth-order valence-electron chi connectivity index (χ4n) is 3.59. The predicted molar refractivity (Wildman–Crippen MR) is 112 cm³/mol. The molecule has 1 saturated heterocycles. The smallest absolute Gasteiger partial charge is 0.259 e. The van der Waals surface area contributed by atoms with Crippen molar-refractivity contribution in [3.63, 3.8) is 0 Å². The van der Waals surface area contributed by atoms with Gasteiger partial charge in [-0.15, -0.1) is 0 Å². The Morgan fingerprint density at radius 1 is 1.00 bits per heavy atom. The number of aromatic nitrogens is 1. The number of likely N-dealkylation sites (N-methyl/N-ethyl adjacent to an activating group) is 1. The summed E-state index contributed by atoms with van der Waals surface area (Å²) < 4.78 is 1.98. The van der Waals surface area contributed by atoms with E-state index in [0.717, 1.165) is 24.2 Å². The summed E-state index contributed by atoms with van der Waals surface area (Å²) >= 11 is 5.99. The number of carbonyl (C=O) groups is 1. The molecule has 1 fully saturated rings. The molecule has 5 nitrogen and oxygen atoms in total. The van der Waals surface area contributed by atoms with Crippen LogP contribution in [0.1, 0.15) is 15.9 Å². The Morgan fingerprint density at radius 3 is 2.39 bits per heavy atom. The van der Waals surface area contributed by atoms with Crippen molar-refractivity contribution >= 4 is 28.4 Å². The minimum Gasteiger partial charge on any atom is -0.342 e. The molecule has 0 aliphatic carbocycles. The largest absolute Gasteiger partial charge is 0.342 e. The number of fused-ring (bicyclic) bond motifs is 1. The number of hydrogen-bond acceptors (Lipinski definition) is 3. The third-order valence-electron chi connectivity index (χ3n) is 5.27. The molecule has 0 saturated carbocycles. The first kappa shape index (κ1) is 18.7. The Morgan fingerprint density at radius 2 is 1.68 bits per heavy atom. The Kier molecular flexibility index (Phi) is 5.20. The van der Waals surface area contributed by atoms with Crippen LogP contribution in [-0.4, -0.2) is 53.5 Å². The molecule has 0 radical (unpaired) electrons. The molecule has 0 bridgehead atoms. The number of pyridine rings is 1. The van der Waals surface area contributed by atoms with Gasteiger partial charge in [-0.3, -0.25) is 9.59 Å². The molecule has 3 aromatic rings. The Hall–Kier alpha value is -2.63. The van der Waals surface area contributed by atoms with Gasteiger partial charge in [0.1, 0.15) is 5.56 Å². The lowest BCUT2D eigenvalue weighted by molar-refractivity contribution is 0.0662. The maximum absolute atomic E-state index is 13.1. The van der Waals surface area contributed by atoms with Gasteiger partial charge in [0.25, 0.3) is 5.91 Å². The van der Waals surface area contributed by atoms with Crippen molar-refractivity contribution in [2.24, 2.45) is 0 Å². The zero-order valence-electron chi connectivity index (χ0n) is 15.8. The van der Waals surface area contributed by atoms with Crippen molar-refractivity contribution in [3.05, 3.63) is 81.1 Å². The second-order valence-corrected chi connectivity index (χ2v) is 7.68. The van der Waals surface area contributed by atoms with Crippen LogP contribution < -0.4 is 5.43 Å². The topological polar surface area (TPSA) is 45.5 Å². The van der Waals surface area contributed by atoms with E-state index in [4.69, 9.17) is 11.6 Å². The highest BCUT2D eigenvalue weighted by molar-refractivity contribution is 6.30. The van der Waals surface area contributed by atoms with Gasteiger partial charge in [-0.05, 0) is 36.9 Å². The highest BCUT2D eigenvalue weighted by atomic mass is 35.5. The molecule has 0 atom stereocenters. The van der Waals surface area contributed by atoms with E-state index < -0.39 is 0 Å². The fourth-order valence-corrected chi connectivity index (χ4v) is 3.72. The number of hydrogen-bond donors (Lipinski definition) is 0. The lowest BCUT2D eigenvalue weighted by Crippen LogP contribution is -2.48. The zero-order valence-corrected chi connectivity index (χ0v) is 16.5. The minimum absolute atomic E-state index is 0.186. The van der Waals surface area contributed by atoms with Crippen molar-refractivity contribution in [2.75, 3.05) is 33.2 Å². The summed E-state index contributed by atoms with van der Waals surface area (Å²) in [6, 6.07) is 15.0. The van der Waals surface area contributed by atoms with Crippen LogP contribution in [0.5, 0.6) is 0 Å². The van der Waals surface area contributed by atoms with Crippen molar-refractivity contribution in [3.8, 4) is 0 Å². The molecule has 0 N–H and O–H groups in total. The molecule has 1 aliphatic rings. The number of carbonyl (C=O) groups excluding carboxylic acids is 1. The van der Waals surface area contributed by atoms with E-state index in [9.17, 15) is 9.59 Å². The van der Waals surface area contributed by atoms with Crippen LogP contribution in [-0.2, 0) is 6.54 Å². The van der Waals surface area contributed by atoms with Crippen molar-refractivity contribution in [1.29, 1.82) is 0 Å².